The van der Waals surface area contributed by atoms with E-state index in [1.165, 1.54) is 17.0 Å². The van der Waals surface area contributed by atoms with Crippen LogP contribution in [0.5, 0.6) is 0 Å². The molecule has 1 unspecified atom stereocenters. The van der Waals surface area contributed by atoms with Crippen molar-refractivity contribution in [3.63, 3.8) is 0 Å². The number of alkyl halides is 3. The quantitative estimate of drug-likeness (QED) is 0.503. The largest absolute Gasteiger partial charge is 0.416 e. The van der Waals surface area contributed by atoms with E-state index >= 15 is 0 Å². The third kappa shape index (κ3) is 7.56. The highest BCUT2D eigenvalue weighted by Gasteiger charge is 2.33. The van der Waals surface area contributed by atoms with Gasteiger partial charge in [-0.15, -0.1) is 0 Å². The molecule has 3 rings (SSSR count). The minimum absolute atomic E-state index is 0.0269. The van der Waals surface area contributed by atoms with Gasteiger partial charge in [0.25, 0.3) is 5.91 Å². The second kappa shape index (κ2) is 11.7. The van der Waals surface area contributed by atoms with Crippen LogP contribution in [0.1, 0.15) is 53.7 Å². The lowest BCUT2D eigenvalue weighted by atomic mass is 10.0. The molecule has 1 saturated heterocycles. The molecule has 190 valence electrons. The summed E-state index contributed by atoms with van der Waals surface area (Å²) in [6.45, 7) is 7.74. The average molecular weight is 491 g/mol. The first-order valence-electron chi connectivity index (χ1n) is 11.9. The van der Waals surface area contributed by atoms with Crippen LogP contribution in [0.4, 0.5) is 13.2 Å². The SMILES string of the molecule is Cc1cccc(COCC(CC(C)C)N2CCN(C(=O)c3cccc(C(F)(F)F)c3)CCC2=O)c1. The molecule has 0 radical (unpaired) electrons. The van der Waals surface area contributed by atoms with Gasteiger partial charge >= 0.3 is 6.18 Å². The minimum atomic E-state index is -4.52. The Morgan fingerprint density at radius 2 is 1.80 bits per heavy atom. The summed E-state index contributed by atoms with van der Waals surface area (Å²) in [5.41, 5.74) is 1.32. The van der Waals surface area contributed by atoms with Crippen LogP contribution in [-0.4, -0.2) is 53.9 Å². The number of carbonyl (C=O) groups excluding carboxylic acids is 2. The fraction of sp³-hybridized carbons (Fsp3) is 0.481. The monoisotopic (exact) mass is 490 g/mol. The zero-order chi connectivity index (χ0) is 25.6. The first kappa shape index (κ1) is 26.7. The van der Waals surface area contributed by atoms with E-state index in [9.17, 15) is 22.8 Å². The molecular weight excluding hydrogens is 457 g/mol. The summed E-state index contributed by atoms with van der Waals surface area (Å²) in [4.78, 5) is 29.2. The standard InChI is InChI=1S/C27H33F3N2O3/c1-19(2)14-24(18-35-17-21-7-4-6-20(3)15-21)32-13-12-31(11-10-25(32)33)26(34)22-8-5-9-23(16-22)27(28,29)30/h4-9,15-16,19,24H,10-14,17-18H2,1-3H3. The highest BCUT2D eigenvalue weighted by molar-refractivity contribution is 5.95. The predicted octanol–water partition coefficient (Wildman–Crippen LogP) is 5.32. The van der Waals surface area contributed by atoms with E-state index in [0.717, 1.165) is 29.7 Å². The Kier molecular flexibility index (Phi) is 8.94. The number of benzene rings is 2. The van der Waals surface area contributed by atoms with Crippen LogP contribution in [0.25, 0.3) is 0 Å². The van der Waals surface area contributed by atoms with Crippen LogP contribution in [-0.2, 0) is 22.3 Å². The fourth-order valence-corrected chi connectivity index (χ4v) is 4.38. The maximum absolute atomic E-state index is 13.1. The molecule has 0 N–H and O–H groups in total. The van der Waals surface area contributed by atoms with E-state index < -0.39 is 17.6 Å². The van der Waals surface area contributed by atoms with Gasteiger partial charge in [-0.1, -0.05) is 49.7 Å². The number of amides is 2. The highest BCUT2D eigenvalue weighted by atomic mass is 19.4. The Morgan fingerprint density at radius 1 is 1.06 bits per heavy atom. The Hall–Kier alpha value is -2.87. The fourth-order valence-electron chi connectivity index (χ4n) is 4.38. The highest BCUT2D eigenvalue weighted by Crippen LogP contribution is 2.30. The lowest BCUT2D eigenvalue weighted by Gasteiger charge is -2.32. The van der Waals surface area contributed by atoms with Crippen LogP contribution in [0.2, 0.25) is 0 Å². The summed E-state index contributed by atoms with van der Waals surface area (Å²) in [6, 6.07) is 12.3. The van der Waals surface area contributed by atoms with E-state index in [1.54, 1.807) is 4.90 Å². The third-order valence-corrected chi connectivity index (χ3v) is 6.10. The molecule has 0 aromatic heterocycles. The Morgan fingerprint density at radius 3 is 2.49 bits per heavy atom. The van der Waals surface area contributed by atoms with Crippen molar-refractivity contribution < 1.29 is 27.5 Å². The van der Waals surface area contributed by atoms with Gasteiger partial charge in [-0.25, -0.2) is 0 Å². The molecule has 1 heterocycles. The van der Waals surface area contributed by atoms with Gasteiger partial charge in [-0.2, -0.15) is 13.2 Å². The van der Waals surface area contributed by atoms with Crippen molar-refractivity contribution in [2.75, 3.05) is 26.2 Å². The van der Waals surface area contributed by atoms with Crippen molar-refractivity contribution in [3.05, 3.63) is 70.8 Å². The van der Waals surface area contributed by atoms with Crippen molar-refractivity contribution in [1.29, 1.82) is 0 Å². The average Bonchev–Trinajstić information content (AvgIpc) is 2.99. The van der Waals surface area contributed by atoms with E-state index in [1.807, 2.05) is 25.1 Å². The molecule has 0 saturated carbocycles. The third-order valence-electron chi connectivity index (χ3n) is 6.10. The van der Waals surface area contributed by atoms with E-state index in [0.29, 0.717) is 25.7 Å². The van der Waals surface area contributed by atoms with Gasteiger partial charge in [0.1, 0.15) is 0 Å². The molecule has 8 heteroatoms. The number of halogens is 3. The first-order valence-corrected chi connectivity index (χ1v) is 11.9. The second-order valence-electron chi connectivity index (χ2n) is 9.50. The summed E-state index contributed by atoms with van der Waals surface area (Å²) in [7, 11) is 0. The second-order valence-corrected chi connectivity index (χ2v) is 9.50. The molecule has 35 heavy (non-hydrogen) atoms. The molecule has 0 spiro atoms. The zero-order valence-corrected chi connectivity index (χ0v) is 20.5. The van der Waals surface area contributed by atoms with Crippen LogP contribution in [0, 0.1) is 12.8 Å². The van der Waals surface area contributed by atoms with E-state index in [4.69, 9.17) is 4.74 Å². The van der Waals surface area contributed by atoms with Crippen LogP contribution < -0.4 is 0 Å². The lowest BCUT2D eigenvalue weighted by Crippen LogP contribution is -2.45. The van der Waals surface area contributed by atoms with Gasteiger partial charge in [0.2, 0.25) is 5.91 Å². The van der Waals surface area contributed by atoms with Gasteiger partial charge in [0.05, 0.1) is 24.8 Å². The summed E-state index contributed by atoms with van der Waals surface area (Å²) in [5.74, 6) is -0.238. The van der Waals surface area contributed by atoms with Gasteiger partial charge in [0.15, 0.2) is 0 Å². The number of aryl methyl sites for hydroxylation is 1. The molecule has 2 aromatic rings. The van der Waals surface area contributed by atoms with Gasteiger partial charge in [-0.05, 0) is 43.0 Å². The van der Waals surface area contributed by atoms with Crippen molar-refractivity contribution >= 4 is 11.8 Å². The van der Waals surface area contributed by atoms with Crippen LogP contribution in [0.15, 0.2) is 48.5 Å². The van der Waals surface area contributed by atoms with Gasteiger partial charge in [0, 0.05) is 31.6 Å². The molecule has 1 aliphatic rings. The van der Waals surface area contributed by atoms with Crippen LogP contribution in [0.3, 0.4) is 0 Å². The van der Waals surface area contributed by atoms with Gasteiger partial charge < -0.3 is 14.5 Å². The number of ether oxygens (including phenoxy) is 1. The molecule has 2 aromatic carbocycles. The number of hydrogen-bond acceptors (Lipinski definition) is 3. The summed E-state index contributed by atoms with van der Waals surface area (Å²) in [6.07, 6.45) is -3.65. The van der Waals surface area contributed by atoms with Gasteiger partial charge in [-0.3, -0.25) is 9.59 Å². The van der Waals surface area contributed by atoms with Crippen LogP contribution >= 0.6 is 0 Å². The number of hydrogen-bond donors (Lipinski definition) is 0. The summed E-state index contributed by atoms with van der Waals surface area (Å²) < 4.78 is 45.2. The maximum Gasteiger partial charge on any atom is 0.416 e. The molecule has 1 aliphatic heterocycles. The normalized spacial score (nSPS) is 15.9. The Labute approximate surface area is 204 Å². The Bertz CT molecular complexity index is 1020. The maximum atomic E-state index is 13.1. The molecule has 5 nitrogen and oxygen atoms in total. The minimum Gasteiger partial charge on any atom is -0.375 e. The van der Waals surface area contributed by atoms with Crippen molar-refractivity contribution in [1.82, 2.24) is 9.80 Å². The Balaban J connectivity index is 1.67. The van der Waals surface area contributed by atoms with Crippen molar-refractivity contribution in [2.45, 2.75) is 52.4 Å². The topological polar surface area (TPSA) is 49.9 Å². The molecule has 1 atom stereocenters. The summed E-state index contributed by atoms with van der Waals surface area (Å²) in [5, 5.41) is 0. The number of carbonyl (C=O) groups is 2. The van der Waals surface area contributed by atoms with E-state index in [2.05, 4.69) is 19.9 Å². The smallest absolute Gasteiger partial charge is 0.375 e. The van der Waals surface area contributed by atoms with Crippen molar-refractivity contribution in [2.24, 2.45) is 5.92 Å². The molecule has 0 aliphatic carbocycles. The summed E-state index contributed by atoms with van der Waals surface area (Å²) >= 11 is 0. The number of nitrogens with zero attached hydrogens (tertiary/aromatic N) is 2. The predicted molar refractivity (Wildman–Crippen MR) is 128 cm³/mol. The van der Waals surface area contributed by atoms with Crippen molar-refractivity contribution in [3.8, 4) is 0 Å². The number of rotatable bonds is 8. The lowest BCUT2D eigenvalue weighted by molar-refractivity contribution is -0.137. The molecular formula is C27H33F3N2O3. The molecule has 1 fully saturated rings. The molecule has 2 amide bonds. The zero-order valence-electron chi connectivity index (χ0n) is 20.5. The first-order chi connectivity index (χ1) is 16.5. The van der Waals surface area contributed by atoms with E-state index in [-0.39, 0.29) is 37.0 Å². The molecule has 0 bridgehead atoms.